The quantitative estimate of drug-likeness (QED) is 0.170. The minimum Gasteiger partial charge on any atom is -0.333 e. The number of fused-ring (bicyclic) bond motifs is 7. The van der Waals surface area contributed by atoms with Crippen LogP contribution in [0.5, 0.6) is 0 Å². The fourth-order valence-electron chi connectivity index (χ4n) is 8.79. The number of anilines is 2. The van der Waals surface area contributed by atoms with Gasteiger partial charge in [0.05, 0.1) is 17.5 Å². The average molecular weight is 649 g/mol. The zero-order valence-electron chi connectivity index (χ0n) is 29.0. The van der Waals surface area contributed by atoms with Crippen molar-refractivity contribution in [3.05, 3.63) is 185 Å². The van der Waals surface area contributed by atoms with Gasteiger partial charge in [0.2, 0.25) is 0 Å². The van der Waals surface area contributed by atoms with Gasteiger partial charge in [-0.05, 0) is 90.6 Å². The van der Waals surface area contributed by atoms with E-state index < -0.39 is 0 Å². The molecule has 0 amide bonds. The first-order chi connectivity index (χ1) is 24.7. The van der Waals surface area contributed by atoms with E-state index in [1.165, 1.54) is 67.1 Å². The number of rotatable bonds is 7. The summed E-state index contributed by atoms with van der Waals surface area (Å²) in [7, 11) is 0. The molecular weight excluding hydrogens is 605 g/mol. The van der Waals surface area contributed by atoms with Gasteiger partial charge in [0, 0.05) is 39.6 Å². The molecule has 0 spiro atoms. The Morgan fingerprint density at radius 1 is 0.840 bits per heavy atom. The summed E-state index contributed by atoms with van der Waals surface area (Å²) in [5.74, 6) is 1.03. The highest BCUT2D eigenvalue weighted by Gasteiger charge is 2.44. The number of hydrogen-bond acceptors (Lipinski definition) is 1. The van der Waals surface area contributed by atoms with Gasteiger partial charge in [-0.3, -0.25) is 0 Å². The Kier molecular flexibility index (Phi) is 7.88. The zero-order valence-corrected chi connectivity index (χ0v) is 29.0. The molecule has 50 heavy (non-hydrogen) atoms. The van der Waals surface area contributed by atoms with Crippen molar-refractivity contribution in [1.29, 1.82) is 0 Å². The third-order valence-corrected chi connectivity index (χ3v) is 11.3. The van der Waals surface area contributed by atoms with Crippen LogP contribution in [0.4, 0.5) is 11.4 Å². The Labute approximate surface area is 296 Å². The standard InChI is InChI=1S/C48H44N2/c1-33(35-16-6-3-7-17-35)26-27-34(2)49-44-24-14-12-22-41(44)42-28-29-46-47(48(42)49)43-23-13-15-25-45(43)50(46)40-31-38(36-18-8-4-9-19-36)30-39(32-40)37-20-10-5-11-21-37/h3-4,6-10,12-18,20-25,27-33,36,46-47H,5,11,19,26H2,1-2H3/b34-27+. The van der Waals surface area contributed by atoms with Crippen molar-refractivity contribution in [3.8, 4) is 0 Å². The Bertz CT molecular complexity index is 2270. The van der Waals surface area contributed by atoms with Crippen LogP contribution in [0.1, 0.15) is 90.8 Å². The summed E-state index contributed by atoms with van der Waals surface area (Å²) in [5, 5.41) is 1.33. The highest BCUT2D eigenvalue weighted by Crippen LogP contribution is 2.54. The van der Waals surface area contributed by atoms with E-state index in [0.29, 0.717) is 11.8 Å². The van der Waals surface area contributed by atoms with Gasteiger partial charge in [0.15, 0.2) is 0 Å². The molecule has 0 fully saturated rings. The molecule has 3 aliphatic carbocycles. The van der Waals surface area contributed by atoms with Crippen LogP contribution in [-0.2, 0) is 0 Å². The molecule has 4 unspecified atom stereocenters. The minimum atomic E-state index is 0.166. The number of nitrogens with zero attached hydrogens (tertiary/aromatic N) is 2. The van der Waals surface area contributed by atoms with Gasteiger partial charge in [-0.15, -0.1) is 0 Å². The number of allylic oxidation sites excluding steroid dienone is 10. The summed E-state index contributed by atoms with van der Waals surface area (Å²) in [6.45, 7) is 4.65. The van der Waals surface area contributed by atoms with Crippen molar-refractivity contribution in [2.75, 3.05) is 4.90 Å². The molecule has 1 aliphatic heterocycles. The van der Waals surface area contributed by atoms with Crippen molar-refractivity contribution in [2.45, 2.75) is 63.3 Å². The lowest BCUT2D eigenvalue weighted by atomic mass is 9.84. The van der Waals surface area contributed by atoms with Crippen molar-refractivity contribution in [3.63, 3.8) is 0 Å². The van der Waals surface area contributed by atoms with E-state index in [1.807, 2.05) is 0 Å². The van der Waals surface area contributed by atoms with Gasteiger partial charge in [0.25, 0.3) is 0 Å². The zero-order chi connectivity index (χ0) is 33.6. The second-order valence-electron chi connectivity index (χ2n) is 14.4. The molecule has 246 valence electrons. The van der Waals surface area contributed by atoms with Crippen LogP contribution in [0, 0.1) is 0 Å². The number of benzene rings is 4. The van der Waals surface area contributed by atoms with Gasteiger partial charge in [-0.2, -0.15) is 0 Å². The molecule has 0 N–H and O–H groups in total. The van der Waals surface area contributed by atoms with Crippen LogP contribution >= 0.6 is 0 Å². The van der Waals surface area contributed by atoms with Gasteiger partial charge >= 0.3 is 0 Å². The summed E-state index contributed by atoms with van der Waals surface area (Å²) in [6, 6.07) is 36.6. The fraction of sp³-hybridized carbons (Fsp3) is 0.208. The van der Waals surface area contributed by atoms with Crippen LogP contribution in [0.3, 0.4) is 0 Å². The molecule has 2 nitrogen and oxygen atoms in total. The molecule has 0 saturated carbocycles. The van der Waals surface area contributed by atoms with Crippen LogP contribution in [0.25, 0.3) is 28.2 Å². The van der Waals surface area contributed by atoms with Gasteiger partial charge in [-0.1, -0.05) is 140 Å². The SMILES string of the molecule is C/C(=C\CC(C)c1ccccc1)n1c2c(c3ccccc31)C=CC1C2c2ccccc2N1c1cc(C2=CCCC=C2)cc(C2C=CC=CC2)c1. The second-order valence-corrected chi connectivity index (χ2v) is 14.4. The summed E-state index contributed by atoms with van der Waals surface area (Å²) in [5.41, 5.74) is 14.8. The normalized spacial score (nSPS) is 21.2. The molecule has 2 heteroatoms. The monoisotopic (exact) mass is 648 g/mol. The van der Waals surface area contributed by atoms with Crippen molar-refractivity contribution >= 4 is 39.6 Å². The molecule has 5 aromatic rings. The van der Waals surface area contributed by atoms with Crippen LogP contribution in [0.15, 0.2) is 152 Å². The van der Waals surface area contributed by atoms with Gasteiger partial charge < -0.3 is 9.47 Å². The van der Waals surface area contributed by atoms with E-state index >= 15 is 0 Å². The molecule has 0 radical (unpaired) electrons. The van der Waals surface area contributed by atoms with E-state index in [0.717, 1.165) is 25.7 Å². The maximum Gasteiger partial charge on any atom is 0.0650 e. The average Bonchev–Trinajstić information content (AvgIpc) is 3.71. The predicted octanol–water partition coefficient (Wildman–Crippen LogP) is 12.7. The molecule has 4 atom stereocenters. The van der Waals surface area contributed by atoms with Crippen LogP contribution in [0.2, 0.25) is 0 Å². The third-order valence-electron chi connectivity index (χ3n) is 11.3. The van der Waals surface area contributed by atoms with E-state index in [1.54, 1.807) is 0 Å². The third kappa shape index (κ3) is 5.26. The molecule has 1 aromatic heterocycles. The summed E-state index contributed by atoms with van der Waals surface area (Å²) in [4.78, 5) is 2.64. The maximum absolute atomic E-state index is 2.64. The largest absolute Gasteiger partial charge is 0.333 e. The second kappa shape index (κ2) is 12.8. The first kappa shape index (κ1) is 30.7. The first-order valence-corrected chi connectivity index (χ1v) is 18.4. The van der Waals surface area contributed by atoms with Gasteiger partial charge in [0.1, 0.15) is 0 Å². The molecular formula is C48H44N2. The lowest BCUT2D eigenvalue weighted by Crippen LogP contribution is -2.31. The minimum absolute atomic E-state index is 0.166. The molecule has 4 aliphatic rings. The molecule has 0 bridgehead atoms. The highest BCUT2D eigenvalue weighted by atomic mass is 15.2. The molecule has 0 saturated heterocycles. The van der Waals surface area contributed by atoms with E-state index in [-0.39, 0.29) is 12.0 Å². The summed E-state index contributed by atoms with van der Waals surface area (Å²) < 4.78 is 2.59. The Morgan fingerprint density at radius 3 is 2.52 bits per heavy atom. The Morgan fingerprint density at radius 2 is 1.68 bits per heavy atom. The lowest BCUT2D eigenvalue weighted by Gasteiger charge is -2.32. The van der Waals surface area contributed by atoms with Crippen LogP contribution < -0.4 is 4.90 Å². The summed E-state index contributed by atoms with van der Waals surface area (Å²) >= 11 is 0. The number of aromatic nitrogens is 1. The topological polar surface area (TPSA) is 8.17 Å². The number of para-hydroxylation sites is 2. The number of hydrogen-bond donors (Lipinski definition) is 0. The van der Waals surface area contributed by atoms with E-state index in [2.05, 4.69) is 181 Å². The predicted molar refractivity (Wildman–Crippen MR) is 213 cm³/mol. The van der Waals surface area contributed by atoms with E-state index in [9.17, 15) is 0 Å². The molecule has 9 rings (SSSR count). The van der Waals surface area contributed by atoms with Crippen molar-refractivity contribution in [2.24, 2.45) is 0 Å². The smallest absolute Gasteiger partial charge is 0.0650 e. The first-order valence-electron chi connectivity index (χ1n) is 18.4. The van der Waals surface area contributed by atoms with Crippen molar-refractivity contribution in [1.82, 2.24) is 4.57 Å². The Balaban J connectivity index is 1.19. The molecule has 4 aromatic carbocycles. The van der Waals surface area contributed by atoms with Gasteiger partial charge in [-0.25, -0.2) is 0 Å². The molecule has 2 heterocycles. The maximum atomic E-state index is 2.64. The fourth-order valence-corrected chi connectivity index (χ4v) is 8.79. The van der Waals surface area contributed by atoms with E-state index in [4.69, 9.17) is 0 Å². The lowest BCUT2D eigenvalue weighted by molar-refractivity contribution is 0.693. The highest BCUT2D eigenvalue weighted by molar-refractivity contribution is 5.96. The van der Waals surface area contributed by atoms with Crippen LogP contribution in [-0.4, -0.2) is 10.6 Å². The van der Waals surface area contributed by atoms with Crippen molar-refractivity contribution < 1.29 is 0 Å². The summed E-state index contributed by atoms with van der Waals surface area (Å²) in [6.07, 6.45) is 27.7. The Hall–Kier alpha value is -5.34.